The van der Waals surface area contributed by atoms with Gasteiger partial charge in [-0.25, -0.2) is 4.98 Å². The molecule has 2 heterocycles. The minimum Gasteiger partial charge on any atom is -0.375 e. The van der Waals surface area contributed by atoms with Crippen molar-refractivity contribution in [1.82, 2.24) is 10.3 Å². The van der Waals surface area contributed by atoms with E-state index in [4.69, 9.17) is 9.72 Å². The summed E-state index contributed by atoms with van der Waals surface area (Å²) in [6.45, 7) is 10.0. The number of nitrogens with zero attached hydrogens (tertiary/aromatic N) is 2. The van der Waals surface area contributed by atoms with Crippen LogP contribution >= 0.6 is 0 Å². The Morgan fingerprint density at radius 3 is 2.89 bits per heavy atom. The quantitative estimate of drug-likeness (QED) is 0.903. The molecule has 2 rings (SSSR count). The lowest BCUT2D eigenvalue weighted by Crippen LogP contribution is -2.41. The number of aromatic nitrogens is 1. The SMILES string of the molecule is CNCc1cc(C(C)C)nc(N2CCOC(C)C2)c1. The van der Waals surface area contributed by atoms with Gasteiger partial charge in [0, 0.05) is 25.3 Å². The number of rotatable bonds is 4. The molecule has 19 heavy (non-hydrogen) atoms. The molecule has 1 fully saturated rings. The predicted octanol–water partition coefficient (Wildman–Crippen LogP) is 2.15. The van der Waals surface area contributed by atoms with Gasteiger partial charge in [-0.2, -0.15) is 0 Å². The van der Waals surface area contributed by atoms with Crippen molar-refractivity contribution >= 4 is 5.82 Å². The molecule has 1 atom stereocenters. The number of hydrogen-bond donors (Lipinski definition) is 1. The summed E-state index contributed by atoms with van der Waals surface area (Å²) < 4.78 is 5.60. The predicted molar refractivity (Wildman–Crippen MR) is 78.7 cm³/mol. The Morgan fingerprint density at radius 1 is 1.47 bits per heavy atom. The van der Waals surface area contributed by atoms with E-state index in [2.05, 4.69) is 43.1 Å². The van der Waals surface area contributed by atoms with Crippen LogP contribution in [-0.2, 0) is 11.3 Å². The molecule has 0 bridgehead atoms. The molecule has 1 unspecified atom stereocenters. The van der Waals surface area contributed by atoms with E-state index in [1.165, 1.54) is 11.3 Å². The minimum absolute atomic E-state index is 0.283. The van der Waals surface area contributed by atoms with Crippen LogP contribution in [0.2, 0.25) is 0 Å². The van der Waals surface area contributed by atoms with E-state index in [-0.39, 0.29) is 6.10 Å². The van der Waals surface area contributed by atoms with Crippen LogP contribution < -0.4 is 10.2 Å². The second kappa shape index (κ2) is 6.35. The highest BCUT2D eigenvalue weighted by atomic mass is 16.5. The molecule has 4 nitrogen and oxygen atoms in total. The fourth-order valence-electron chi connectivity index (χ4n) is 2.38. The molecule has 0 spiro atoms. The minimum atomic E-state index is 0.283. The molecule has 106 valence electrons. The Morgan fingerprint density at radius 2 is 2.26 bits per heavy atom. The van der Waals surface area contributed by atoms with Crippen LogP contribution in [0.25, 0.3) is 0 Å². The molecule has 1 aromatic rings. The Labute approximate surface area is 116 Å². The summed E-state index contributed by atoms with van der Waals surface area (Å²) in [5.41, 5.74) is 2.47. The van der Waals surface area contributed by atoms with Crippen LogP contribution in [0.5, 0.6) is 0 Å². The summed E-state index contributed by atoms with van der Waals surface area (Å²) in [5.74, 6) is 1.54. The molecule has 1 saturated heterocycles. The number of ether oxygens (including phenoxy) is 1. The molecular formula is C15H25N3O. The summed E-state index contributed by atoms with van der Waals surface area (Å²) in [4.78, 5) is 7.15. The lowest BCUT2D eigenvalue weighted by molar-refractivity contribution is 0.0529. The van der Waals surface area contributed by atoms with Crippen LogP contribution in [0.3, 0.4) is 0 Å². The first-order valence-electron chi connectivity index (χ1n) is 7.12. The van der Waals surface area contributed by atoms with Gasteiger partial charge in [-0.15, -0.1) is 0 Å². The zero-order valence-electron chi connectivity index (χ0n) is 12.4. The molecule has 0 aliphatic carbocycles. The van der Waals surface area contributed by atoms with Gasteiger partial charge in [0.1, 0.15) is 5.82 Å². The van der Waals surface area contributed by atoms with Crippen molar-refractivity contribution in [3.63, 3.8) is 0 Å². The summed E-state index contributed by atoms with van der Waals surface area (Å²) in [6.07, 6.45) is 0.283. The van der Waals surface area contributed by atoms with E-state index in [0.29, 0.717) is 5.92 Å². The molecule has 1 aliphatic heterocycles. The monoisotopic (exact) mass is 263 g/mol. The van der Waals surface area contributed by atoms with E-state index in [9.17, 15) is 0 Å². The normalized spacial score (nSPS) is 20.1. The van der Waals surface area contributed by atoms with Gasteiger partial charge >= 0.3 is 0 Å². The smallest absolute Gasteiger partial charge is 0.129 e. The molecule has 1 aromatic heterocycles. The summed E-state index contributed by atoms with van der Waals surface area (Å²) >= 11 is 0. The van der Waals surface area contributed by atoms with Gasteiger partial charge in [0.2, 0.25) is 0 Å². The van der Waals surface area contributed by atoms with E-state index < -0.39 is 0 Å². The van der Waals surface area contributed by atoms with E-state index in [0.717, 1.165) is 32.1 Å². The average Bonchev–Trinajstić information content (AvgIpc) is 2.38. The first-order chi connectivity index (χ1) is 9.10. The largest absolute Gasteiger partial charge is 0.375 e. The molecule has 1 aliphatic rings. The third-order valence-corrected chi connectivity index (χ3v) is 3.43. The molecule has 0 aromatic carbocycles. The maximum atomic E-state index is 5.60. The van der Waals surface area contributed by atoms with Crippen LogP contribution in [-0.4, -0.2) is 37.8 Å². The second-order valence-electron chi connectivity index (χ2n) is 5.57. The van der Waals surface area contributed by atoms with Crippen LogP contribution in [0.1, 0.15) is 37.9 Å². The van der Waals surface area contributed by atoms with Crippen molar-refractivity contribution in [2.45, 2.75) is 39.3 Å². The highest BCUT2D eigenvalue weighted by Gasteiger charge is 2.19. The Balaban J connectivity index is 2.27. The number of hydrogen-bond acceptors (Lipinski definition) is 4. The number of morpholine rings is 1. The summed E-state index contributed by atoms with van der Waals surface area (Å²) in [6, 6.07) is 4.40. The molecule has 4 heteroatoms. The first kappa shape index (κ1) is 14.3. The van der Waals surface area contributed by atoms with E-state index in [1.54, 1.807) is 0 Å². The number of nitrogens with one attached hydrogen (secondary N) is 1. The Hall–Kier alpha value is -1.13. The van der Waals surface area contributed by atoms with Crippen molar-refractivity contribution in [2.75, 3.05) is 31.6 Å². The Kier molecular flexibility index (Phi) is 4.77. The standard InChI is InChI=1S/C15H25N3O/c1-11(2)14-7-13(9-16-4)8-15(17-14)18-5-6-19-12(3)10-18/h7-8,11-12,16H,5-6,9-10H2,1-4H3. The molecular weight excluding hydrogens is 238 g/mol. The van der Waals surface area contributed by atoms with Gasteiger partial charge in [0.25, 0.3) is 0 Å². The summed E-state index contributed by atoms with van der Waals surface area (Å²) in [7, 11) is 1.98. The van der Waals surface area contributed by atoms with Gasteiger partial charge in [-0.1, -0.05) is 13.8 Å². The van der Waals surface area contributed by atoms with E-state index >= 15 is 0 Å². The Bertz CT molecular complexity index is 420. The van der Waals surface area contributed by atoms with Gasteiger partial charge in [0.05, 0.1) is 12.7 Å². The topological polar surface area (TPSA) is 37.4 Å². The average molecular weight is 263 g/mol. The van der Waals surface area contributed by atoms with Crippen LogP contribution in [0, 0.1) is 0 Å². The van der Waals surface area contributed by atoms with Crippen molar-refractivity contribution in [1.29, 1.82) is 0 Å². The van der Waals surface area contributed by atoms with Crippen LogP contribution in [0.4, 0.5) is 5.82 Å². The zero-order valence-corrected chi connectivity index (χ0v) is 12.4. The number of anilines is 1. The summed E-state index contributed by atoms with van der Waals surface area (Å²) in [5, 5.41) is 3.22. The molecule has 1 N–H and O–H groups in total. The molecule has 0 saturated carbocycles. The number of pyridine rings is 1. The highest BCUT2D eigenvalue weighted by Crippen LogP contribution is 2.22. The van der Waals surface area contributed by atoms with Crippen molar-refractivity contribution in [3.05, 3.63) is 23.4 Å². The lowest BCUT2D eigenvalue weighted by atomic mass is 10.1. The third kappa shape index (κ3) is 3.67. The second-order valence-corrected chi connectivity index (χ2v) is 5.57. The maximum absolute atomic E-state index is 5.60. The third-order valence-electron chi connectivity index (χ3n) is 3.43. The zero-order chi connectivity index (χ0) is 13.8. The van der Waals surface area contributed by atoms with Gasteiger partial charge in [0.15, 0.2) is 0 Å². The molecule has 0 amide bonds. The highest BCUT2D eigenvalue weighted by molar-refractivity contribution is 5.44. The van der Waals surface area contributed by atoms with Gasteiger partial charge < -0.3 is 15.0 Å². The van der Waals surface area contributed by atoms with Crippen molar-refractivity contribution in [3.8, 4) is 0 Å². The first-order valence-corrected chi connectivity index (χ1v) is 7.12. The fourth-order valence-corrected chi connectivity index (χ4v) is 2.38. The fraction of sp³-hybridized carbons (Fsp3) is 0.667. The maximum Gasteiger partial charge on any atom is 0.129 e. The van der Waals surface area contributed by atoms with Gasteiger partial charge in [-0.05, 0) is 37.6 Å². The molecule has 0 radical (unpaired) electrons. The van der Waals surface area contributed by atoms with Gasteiger partial charge in [-0.3, -0.25) is 0 Å². The van der Waals surface area contributed by atoms with Crippen LogP contribution in [0.15, 0.2) is 12.1 Å². The lowest BCUT2D eigenvalue weighted by Gasteiger charge is -2.32. The van der Waals surface area contributed by atoms with Crippen molar-refractivity contribution < 1.29 is 4.74 Å². The van der Waals surface area contributed by atoms with E-state index in [1.807, 2.05) is 7.05 Å². The van der Waals surface area contributed by atoms with Crippen molar-refractivity contribution in [2.24, 2.45) is 0 Å².